The first kappa shape index (κ1) is 12.9. The molecule has 1 unspecified atom stereocenters. The van der Waals surface area contributed by atoms with E-state index in [2.05, 4.69) is 38.1 Å². The fourth-order valence-electron chi connectivity index (χ4n) is 1.81. The van der Waals surface area contributed by atoms with E-state index in [1.165, 1.54) is 16.7 Å². The lowest BCUT2D eigenvalue weighted by Crippen LogP contribution is -1.95. The van der Waals surface area contributed by atoms with Crippen molar-refractivity contribution in [1.82, 2.24) is 0 Å². The average molecular weight is 285 g/mol. The highest BCUT2D eigenvalue weighted by atomic mass is 35.5. The Labute approximate surface area is 116 Å². The minimum atomic E-state index is -0.105. The summed E-state index contributed by atoms with van der Waals surface area (Å²) < 4.78 is 0.830. The van der Waals surface area contributed by atoms with Crippen molar-refractivity contribution in [2.75, 3.05) is 0 Å². The molecule has 0 saturated heterocycles. The lowest BCUT2D eigenvalue weighted by molar-refractivity contribution is 1.12. The Morgan fingerprint density at radius 2 is 1.82 bits per heavy atom. The Bertz CT molecular complexity index is 524. The van der Waals surface area contributed by atoms with Gasteiger partial charge in [-0.3, -0.25) is 0 Å². The van der Waals surface area contributed by atoms with E-state index in [1.54, 1.807) is 11.3 Å². The van der Waals surface area contributed by atoms with E-state index in [0.717, 1.165) is 14.8 Å². The largest absolute Gasteiger partial charge is 0.126 e. The molecule has 0 aliphatic heterocycles. The third-order valence-electron chi connectivity index (χ3n) is 3.05. The van der Waals surface area contributed by atoms with Crippen molar-refractivity contribution >= 4 is 34.5 Å². The van der Waals surface area contributed by atoms with Gasteiger partial charge >= 0.3 is 0 Å². The lowest BCUT2D eigenvalue weighted by Gasteiger charge is -2.12. The standard InChI is InChI=1S/C14H14Cl2S/c1-8-5-4-6-11(10(8)3)13(15)12-7-9(2)14(16)17-12/h4-7,13H,1-3H3. The van der Waals surface area contributed by atoms with Gasteiger partial charge in [0.15, 0.2) is 0 Å². The average Bonchev–Trinajstić information content (AvgIpc) is 2.62. The molecule has 90 valence electrons. The summed E-state index contributed by atoms with van der Waals surface area (Å²) in [7, 11) is 0. The Morgan fingerprint density at radius 3 is 2.41 bits per heavy atom. The molecule has 1 heterocycles. The molecule has 2 rings (SSSR count). The fourth-order valence-corrected chi connectivity index (χ4v) is 3.46. The van der Waals surface area contributed by atoms with Gasteiger partial charge in [0.05, 0.1) is 9.71 Å². The normalized spacial score (nSPS) is 12.8. The van der Waals surface area contributed by atoms with Gasteiger partial charge in [-0.15, -0.1) is 22.9 Å². The van der Waals surface area contributed by atoms with E-state index in [9.17, 15) is 0 Å². The fraction of sp³-hybridized carbons (Fsp3) is 0.286. The van der Waals surface area contributed by atoms with Crippen molar-refractivity contribution < 1.29 is 0 Å². The van der Waals surface area contributed by atoms with Gasteiger partial charge in [-0.25, -0.2) is 0 Å². The summed E-state index contributed by atoms with van der Waals surface area (Å²) in [5, 5.41) is -0.105. The Kier molecular flexibility index (Phi) is 3.82. The molecule has 0 fully saturated rings. The highest BCUT2D eigenvalue weighted by Crippen LogP contribution is 2.39. The molecule has 0 aliphatic rings. The number of halogens is 2. The van der Waals surface area contributed by atoms with Gasteiger partial charge in [0.2, 0.25) is 0 Å². The van der Waals surface area contributed by atoms with Gasteiger partial charge in [0.1, 0.15) is 0 Å². The molecule has 0 spiro atoms. The Hall–Kier alpha value is -0.500. The predicted octanol–water partition coefficient (Wildman–Crippen LogP) is 5.65. The van der Waals surface area contributed by atoms with Gasteiger partial charge in [-0.1, -0.05) is 29.8 Å². The molecule has 1 aromatic carbocycles. The SMILES string of the molecule is Cc1cc(C(Cl)c2cccc(C)c2C)sc1Cl. The molecule has 3 heteroatoms. The van der Waals surface area contributed by atoms with Gasteiger partial charge in [-0.05, 0) is 49.1 Å². The first-order chi connectivity index (χ1) is 8.00. The molecule has 0 N–H and O–H groups in total. The number of thiophene rings is 1. The first-order valence-electron chi connectivity index (χ1n) is 5.46. The Morgan fingerprint density at radius 1 is 1.12 bits per heavy atom. The molecule has 0 aliphatic carbocycles. The monoisotopic (exact) mass is 284 g/mol. The number of aryl methyl sites for hydroxylation is 2. The van der Waals surface area contributed by atoms with Crippen molar-refractivity contribution in [3.8, 4) is 0 Å². The van der Waals surface area contributed by atoms with E-state index in [0.29, 0.717) is 0 Å². The zero-order valence-electron chi connectivity index (χ0n) is 10.1. The summed E-state index contributed by atoms with van der Waals surface area (Å²) in [5.74, 6) is 0. The molecule has 2 aromatic rings. The van der Waals surface area contributed by atoms with Gasteiger partial charge in [-0.2, -0.15) is 0 Å². The summed E-state index contributed by atoms with van der Waals surface area (Å²) in [4.78, 5) is 1.11. The van der Waals surface area contributed by atoms with Crippen LogP contribution >= 0.6 is 34.5 Å². The molecule has 1 atom stereocenters. The van der Waals surface area contributed by atoms with E-state index < -0.39 is 0 Å². The third kappa shape index (κ3) is 2.52. The number of hydrogen-bond acceptors (Lipinski definition) is 1. The van der Waals surface area contributed by atoms with Crippen LogP contribution in [-0.4, -0.2) is 0 Å². The molecular formula is C14H14Cl2S. The minimum absolute atomic E-state index is 0.105. The van der Waals surface area contributed by atoms with Crippen molar-refractivity contribution in [2.45, 2.75) is 26.1 Å². The number of rotatable bonds is 2. The van der Waals surface area contributed by atoms with E-state index in [4.69, 9.17) is 23.2 Å². The van der Waals surface area contributed by atoms with Crippen molar-refractivity contribution in [2.24, 2.45) is 0 Å². The molecule has 17 heavy (non-hydrogen) atoms. The highest BCUT2D eigenvalue weighted by molar-refractivity contribution is 7.16. The van der Waals surface area contributed by atoms with E-state index >= 15 is 0 Å². The predicted molar refractivity (Wildman–Crippen MR) is 77.7 cm³/mol. The van der Waals surface area contributed by atoms with Crippen LogP contribution in [0.4, 0.5) is 0 Å². The molecule has 0 radical (unpaired) electrons. The van der Waals surface area contributed by atoms with Crippen LogP contribution in [0, 0.1) is 20.8 Å². The maximum absolute atomic E-state index is 6.55. The quantitative estimate of drug-likeness (QED) is 0.625. The maximum atomic E-state index is 6.55. The van der Waals surface area contributed by atoms with Gasteiger partial charge < -0.3 is 0 Å². The van der Waals surface area contributed by atoms with Crippen LogP contribution < -0.4 is 0 Å². The topological polar surface area (TPSA) is 0 Å². The highest BCUT2D eigenvalue weighted by Gasteiger charge is 2.17. The van der Waals surface area contributed by atoms with Crippen LogP contribution in [0.25, 0.3) is 0 Å². The summed E-state index contributed by atoms with van der Waals surface area (Å²) in [6.07, 6.45) is 0. The van der Waals surface area contributed by atoms with Crippen molar-refractivity contribution in [3.63, 3.8) is 0 Å². The third-order valence-corrected chi connectivity index (χ3v) is 5.27. The molecule has 0 bridgehead atoms. The van der Waals surface area contributed by atoms with Crippen molar-refractivity contribution in [1.29, 1.82) is 0 Å². The van der Waals surface area contributed by atoms with Crippen LogP contribution in [0.15, 0.2) is 24.3 Å². The van der Waals surface area contributed by atoms with Crippen LogP contribution in [0.2, 0.25) is 4.34 Å². The van der Waals surface area contributed by atoms with Crippen LogP contribution in [0.1, 0.15) is 32.5 Å². The zero-order chi connectivity index (χ0) is 12.6. The van der Waals surface area contributed by atoms with E-state index in [-0.39, 0.29) is 5.38 Å². The number of hydrogen-bond donors (Lipinski definition) is 0. The van der Waals surface area contributed by atoms with Crippen LogP contribution in [0.5, 0.6) is 0 Å². The Balaban J connectivity index is 2.43. The molecule has 0 nitrogen and oxygen atoms in total. The van der Waals surface area contributed by atoms with Gasteiger partial charge in [0, 0.05) is 4.88 Å². The first-order valence-corrected chi connectivity index (χ1v) is 7.10. The summed E-state index contributed by atoms with van der Waals surface area (Å²) in [6, 6.07) is 8.32. The molecular weight excluding hydrogens is 271 g/mol. The van der Waals surface area contributed by atoms with E-state index in [1.807, 2.05) is 6.92 Å². The molecule has 0 saturated carbocycles. The summed E-state index contributed by atoms with van der Waals surface area (Å²) in [5.41, 5.74) is 4.80. The number of benzene rings is 1. The molecule has 0 amide bonds. The van der Waals surface area contributed by atoms with Crippen LogP contribution in [-0.2, 0) is 0 Å². The number of alkyl halides is 1. The van der Waals surface area contributed by atoms with Crippen molar-refractivity contribution in [3.05, 3.63) is 55.7 Å². The second-order valence-electron chi connectivity index (χ2n) is 4.26. The smallest absolute Gasteiger partial charge is 0.0960 e. The lowest BCUT2D eigenvalue weighted by atomic mass is 10.00. The summed E-state index contributed by atoms with van der Waals surface area (Å²) >= 11 is 14.2. The summed E-state index contributed by atoms with van der Waals surface area (Å²) in [6.45, 7) is 6.23. The van der Waals surface area contributed by atoms with Crippen LogP contribution in [0.3, 0.4) is 0 Å². The maximum Gasteiger partial charge on any atom is 0.0960 e. The second-order valence-corrected chi connectivity index (χ2v) is 6.38. The minimum Gasteiger partial charge on any atom is -0.126 e. The van der Waals surface area contributed by atoms with Gasteiger partial charge in [0.25, 0.3) is 0 Å². The second kappa shape index (κ2) is 5.01. The zero-order valence-corrected chi connectivity index (χ0v) is 12.4. The molecule has 1 aromatic heterocycles.